The molecule has 114 valence electrons. The van der Waals surface area contributed by atoms with Gasteiger partial charge in [0.2, 0.25) is 0 Å². The van der Waals surface area contributed by atoms with Crippen LogP contribution in [0.4, 0.5) is 11.4 Å². The number of nitrogens with one attached hydrogen (secondary N) is 2. The highest BCUT2D eigenvalue weighted by molar-refractivity contribution is 5.94. The van der Waals surface area contributed by atoms with Gasteiger partial charge in [0.15, 0.2) is 0 Å². The molecule has 0 aromatic heterocycles. The first kappa shape index (κ1) is 14.4. The Balaban J connectivity index is 1.52. The summed E-state index contributed by atoms with van der Waals surface area (Å²) in [4.78, 5) is 12.0. The van der Waals surface area contributed by atoms with E-state index in [1.54, 1.807) is 0 Å². The highest BCUT2D eigenvalue weighted by Gasteiger charge is 2.23. The molecule has 1 saturated carbocycles. The van der Waals surface area contributed by atoms with E-state index in [1.165, 1.54) is 32.1 Å². The van der Waals surface area contributed by atoms with Crippen molar-refractivity contribution in [2.45, 2.75) is 57.1 Å². The van der Waals surface area contributed by atoms with Gasteiger partial charge < -0.3 is 15.4 Å². The lowest BCUT2D eigenvalue weighted by Gasteiger charge is -2.24. The van der Waals surface area contributed by atoms with Gasteiger partial charge in [0.1, 0.15) is 6.10 Å². The highest BCUT2D eigenvalue weighted by Crippen LogP contribution is 2.23. The third-order valence-electron chi connectivity index (χ3n) is 4.35. The summed E-state index contributed by atoms with van der Waals surface area (Å²) in [7, 11) is 0. The van der Waals surface area contributed by atoms with Crippen LogP contribution in [0.15, 0.2) is 24.3 Å². The second-order valence-corrected chi connectivity index (χ2v) is 6.05. The van der Waals surface area contributed by atoms with E-state index in [2.05, 4.69) is 10.6 Å². The average Bonchev–Trinajstić information content (AvgIpc) is 3.05. The monoisotopic (exact) mass is 288 g/mol. The molecule has 1 atom stereocenters. The van der Waals surface area contributed by atoms with Gasteiger partial charge in [-0.15, -0.1) is 0 Å². The Hall–Kier alpha value is -1.55. The normalized spacial score (nSPS) is 23.0. The Labute approximate surface area is 126 Å². The number of carbonyl (C=O) groups excluding carboxylic acids is 1. The van der Waals surface area contributed by atoms with Crippen molar-refractivity contribution in [2.24, 2.45) is 0 Å². The van der Waals surface area contributed by atoms with Gasteiger partial charge in [0.25, 0.3) is 5.91 Å². The number of rotatable bonds is 4. The van der Waals surface area contributed by atoms with E-state index < -0.39 is 0 Å². The first-order valence-electron chi connectivity index (χ1n) is 8.10. The van der Waals surface area contributed by atoms with Crippen LogP contribution in [0.3, 0.4) is 0 Å². The average molecular weight is 288 g/mol. The summed E-state index contributed by atoms with van der Waals surface area (Å²) in [6.45, 7) is 0.697. The molecular weight excluding hydrogens is 264 g/mol. The Morgan fingerprint density at radius 2 is 1.67 bits per heavy atom. The van der Waals surface area contributed by atoms with Crippen LogP contribution in [-0.2, 0) is 9.53 Å². The maximum absolute atomic E-state index is 12.0. The predicted molar refractivity (Wildman–Crippen MR) is 84.5 cm³/mol. The largest absolute Gasteiger partial charge is 0.382 e. The van der Waals surface area contributed by atoms with E-state index in [0.717, 1.165) is 24.2 Å². The lowest BCUT2D eigenvalue weighted by atomic mass is 9.95. The molecule has 3 rings (SSSR count). The van der Waals surface area contributed by atoms with Crippen molar-refractivity contribution in [1.82, 2.24) is 0 Å². The van der Waals surface area contributed by atoms with Crippen LogP contribution in [0.2, 0.25) is 0 Å². The molecule has 0 bridgehead atoms. The van der Waals surface area contributed by atoms with Crippen molar-refractivity contribution in [2.75, 3.05) is 17.2 Å². The van der Waals surface area contributed by atoms with E-state index in [0.29, 0.717) is 12.6 Å². The van der Waals surface area contributed by atoms with Crippen LogP contribution in [0.5, 0.6) is 0 Å². The van der Waals surface area contributed by atoms with E-state index in [1.807, 2.05) is 24.3 Å². The maximum Gasteiger partial charge on any atom is 0.253 e. The zero-order valence-corrected chi connectivity index (χ0v) is 12.4. The first-order chi connectivity index (χ1) is 10.3. The number of hydrogen-bond acceptors (Lipinski definition) is 3. The van der Waals surface area contributed by atoms with Crippen molar-refractivity contribution < 1.29 is 9.53 Å². The van der Waals surface area contributed by atoms with E-state index >= 15 is 0 Å². The SMILES string of the molecule is O=C(Nc1ccc(NC2CCCCC2)cc1)C1CCCO1. The summed E-state index contributed by atoms with van der Waals surface area (Å²) in [5, 5.41) is 6.50. The molecule has 1 aromatic rings. The number of benzene rings is 1. The molecule has 1 aliphatic heterocycles. The molecule has 2 aliphatic rings. The lowest BCUT2D eigenvalue weighted by Crippen LogP contribution is -2.26. The molecule has 4 nitrogen and oxygen atoms in total. The first-order valence-corrected chi connectivity index (χ1v) is 8.10. The molecule has 21 heavy (non-hydrogen) atoms. The van der Waals surface area contributed by atoms with Crippen LogP contribution in [0, 0.1) is 0 Å². The minimum atomic E-state index is -0.273. The molecule has 1 unspecified atom stereocenters. The van der Waals surface area contributed by atoms with E-state index in [4.69, 9.17) is 4.74 Å². The fraction of sp³-hybridized carbons (Fsp3) is 0.588. The number of hydrogen-bond donors (Lipinski definition) is 2. The molecule has 1 amide bonds. The summed E-state index contributed by atoms with van der Waals surface area (Å²) >= 11 is 0. The quantitative estimate of drug-likeness (QED) is 0.891. The summed E-state index contributed by atoms with van der Waals surface area (Å²) in [6, 6.07) is 8.60. The predicted octanol–water partition coefficient (Wildman–Crippen LogP) is 3.55. The van der Waals surface area contributed by atoms with E-state index in [9.17, 15) is 4.79 Å². The second-order valence-electron chi connectivity index (χ2n) is 6.05. The number of carbonyl (C=O) groups is 1. The van der Waals surface area contributed by atoms with E-state index in [-0.39, 0.29) is 12.0 Å². The molecular formula is C17H24N2O2. The molecule has 1 heterocycles. The lowest BCUT2D eigenvalue weighted by molar-refractivity contribution is -0.124. The minimum Gasteiger partial charge on any atom is -0.382 e. The van der Waals surface area contributed by atoms with Gasteiger partial charge in [-0.2, -0.15) is 0 Å². The standard InChI is InChI=1S/C17H24N2O2/c20-17(16-7-4-12-21-16)19-15-10-8-14(9-11-15)18-13-5-2-1-3-6-13/h8-11,13,16,18H,1-7,12H2,(H,19,20). The highest BCUT2D eigenvalue weighted by atomic mass is 16.5. The second kappa shape index (κ2) is 6.94. The number of anilines is 2. The van der Waals surface area contributed by atoms with Crippen LogP contribution in [0.1, 0.15) is 44.9 Å². The number of ether oxygens (including phenoxy) is 1. The zero-order chi connectivity index (χ0) is 14.5. The van der Waals surface area contributed by atoms with Crippen molar-refractivity contribution in [3.63, 3.8) is 0 Å². The summed E-state index contributed by atoms with van der Waals surface area (Å²) < 4.78 is 5.39. The zero-order valence-electron chi connectivity index (χ0n) is 12.4. The third-order valence-corrected chi connectivity index (χ3v) is 4.35. The maximum atomic E-state index is 12.0. The molecule has 4 heteroatoms. The van der Waals surface area contributed by atoms with Gasteiger partial charge in [-0.25, -0.2) is 0 Å². The van der Waals surface area contributed by atoms with Gasteiger partial charge in [-0.1, -0.05) is 19.3 Å². The molecule has 2 fully saturated rings. The van der Waals surface area contributed by atoms with Crippen LogP contribution < -0.4 is 10.6 Å². The summed E-state index contributed by atoms with van der Waals surface area (Å²) in [6.07, 6.45) is 8.07. The minimum absolute atomic E-state index is 0.0273. The molecule has 2 N–H and O–H groups in total. The Bertz CT molecular complexity index is 460. The molecule has 1 aliphatic carbocycles. The van der Waals surface area contributed by atoms with Gasteiger partial charge in [0.05, 0.1) is 0 Å². The Morgan fingerprint density at radius 1 is 0.952 bits per heavy atom. The van der Waals surface area contributed by atoms with Crippen LogP contribution >= 0.6 is 0 Å². The van der Waals surface area contributed by atoms with Crippen molar-refractivity contribution in [3.05, 3.63) is 24.3 Å². The van der Waals surface area contributed by atoms with Crippen molar-refractivity contribution >= 4 is 17.3 Å². The van der Waals surface area contributed by atoms with Gasteiger partial charge in [-0.3, -0.25) is 4.79 Å². The van der Waals surface area contributed by atoms with Crippen molar-refractivity contribution in [3.8, 4) is 0 Å². The molecule has 1 saturated heterocycles. The van der Waals surface area contributed by atoms with Crippen LogP contribution in [0.25, 0.3) is 0 Å². The Morgan fingerprint density at radius 3 is 2.33 bits per heavy atom. The fourth-order valence-corrected chi connectivity index (χ4v) is 3.14. The Kier molecular flexibility index (Phi) is 4.76. The van der Waals surface area contributed by atoms with Gasteiger partial charge >= 0.3 is 0 Å². The molecule has 0 radical (unpaired) electrons. The van der Waals surface area contributed by atoms with Gasteiger partial charge in [-0.05, 0) is 49.9 Å². The topological polar surface area (TPSA) is 50.4 Å². The molecule has 0 spiro atoms. The molecule has 1 aromatic carbocycles. The summed E-state index contributed by atoms with van der Waals surface area (Å²) in [5.41, 5.74) is 1.97. The third kappa shape index (κ3) is 3.97. The number of amides is 1. The van der Waals surface area contributed by atoms with Crippen molar-refractivity contribution in [1.29, 1.82) is 0 Å². The smallest absolute Gasteiger partial charge is 0.253 e. The fourth-order valence-electron chi connectivity index (χ4n) is 3.14. The van der Waals surface area contributed by atoms with Gasteiger partial charge in [0, 0.05) is 24.0 Å². The summed E-state index contributed by atoms with van der Waals surface area (Å²) in [5.74, 6) is -0.0273. The van der Waals surface area contributed by atoms with Crippen LogP contribution in [-0.4, -0.2) is 24.7 Å².